The Morgan fingerprint density at radius 2 is 1.93 bits per heavy atom. The van der Waals surface area contributed by atoms with Crippen LogP contribution < -0.4 is 0 Å². The van der Waals surface area contributed by atoms with E-state index in [9.17, 15) is 4.39 Å². The van der Waals surface area contributed by atoms with Crippen LogP contribution in [0.4, 0.5) is 4.39 Å². The highest BCUT2D eigenvalue weighted by molar-refractivity contribution is 7.99. The normalized spacial score (nSPS) is 10.3. The van der Waals surface area contributed by atoms with Crippen molar-refractivity contribution in [1.29, 1.82) is 0 Å². The van der Waals surface area contributed by atoms with Crippen molar-refractivity contribution in [3.8, 4) is 0 Å². The van der Waals surface area contributed by atoms with Gasteiger partial charge in [-0.25, -0.2) is 14.4 Å². The SMILES string of the molecule is Fc1cnc(Cl)nc1Sc1ccccc1. The fraction of sp³-hybridized carbons (Fsp3) is 0. The third kappa shape index (κ3) is 2.67. The van der Waals surface area contributed by atoms with Crippen molar-refractivity contribution in [1.82, 2.24) is 9.97 Å². The quantitative estimate of drug-likeness (QED) is 0.594. The van der Waals surface area contributed by atoms with Crippen LogP contribution >= 0.6 is 23.4 Å². The summed E-state index contributed by atoms with van der Waals surface area (Å²) in [5.74, 6) is -0.465. The Morgan fingerprint density at radius 3 is 2.67 bits per heavy atom. The lowest BCUT2D eigenvalue weighted by Gasteiger charge is -2.01. The summed E-state index contributed by atoms with van der Waals surface area (Å²) in [7, 11) is 0. The molecule has 15 heavy (non-hydrogen) atoms. The molecule has 5 heteroatoms. The fourth-order valence-electron chi connectivity index (χ4n) is 1.00. The second-order valence-electron chi connectivity index (χ2n) is 2.71. The van der Waals surface area contributed by atoms with Crippen molar-refractivity contribution >= 4 is 23.4 Å². The number of benzene rings is 1. The summed E-state index contributed by atoms with van der Waals surface area (Å²) in [6.07, 6.45) is 1.07. The molecule has 0 bridgehead atoms. The second-order valence-corrected chi connectivity index (χ2v) is 4.11. The smallest absolute Gasteiger partial charge is 0.223 e. The van der Waals surface area contributed by atoms with Crippen LogP contribution in [0.15, 0.2) is 46.5 Å². The minimum Gasteiger partial charge on any atom is -0.223 e. The topological polar surface area (TPSA) is 25.8 Å². The molecule has 0 fully saturated rings. The highest BCUT2D eigenvalue weighted by Gasteiger charge is 2.07. The van der Waals surface area contributed by atoms with Crippen LogP contribution in [-0.4, -0.2) is 9.97 Å². The molecule has 0 aliphatic carbocycles. The molecule has 1 aromatic heterocycles. The molecule has 0 spiro atoms. The molecule has 0 amide bonds. The summed E-state index contributed by atoms with van der Waals surface area (Å²) < 4.78 is 13.3. The summed E-state index contributed by atoms with van der Waals surface area (Å²) in [5, 5.41) is 0.288. The first-order chi connectivity index (χ1) is 7.25. The summed E-state index contributed by atoms with van der Waals surface area (Å²) in [5.41, 5.74) is 0. The van der Waals surface area contributed by atoms with E-state index in [0.29, 0.717) is 0 Å². The van der Waals surface area contributed by atoms with Crippen molar-refractivity contribution in [3.05, 3.63) is 47.6 Å². The molecule has 0 aliphatic rings. The van der Waals surface area contributed by atoms with Gasteiger partial charge in [-0.05, 0) is 23.7 Å². The van der Waals surface area contributed by atoms with Crippen molar-refractivity contribution < 1.29 is 4.39 Å². The van der Waals surface area contributed by atoms with Gasteiger partial charge in [-0.2, -0.15) is 0 Å². The Balaban J connectivity index is 2.28. The molecule has 2 nitrogen and oxygen atoms in total. The number of halogens is 2. The molecule has 0 aliphatic heterocycles. The average Bonchev–Trinajstić information content (AvgIpc) is 2.25. The Morgan fingerprint density at radius 1 is 1.20 bits per heavy atom. The lowest BCUT2D eigenvalue weighted by molar-refractivity contribution is 0.579. The van der Waals surface area contributed by atoms with Gasteiger partial charge in [0.25, 0.3) is 0 Å². The van der Waals surface area contributed by atoms with E-state index in [2.05, 4.69) is 9.97 Å². The molecule has 0 unspecified atom stereocenters. The van der Waals surface area contributed by atoms with Gasteiger partial charge in [0.05, 0.1) is 6.20 Å². The van der Waals surface area contributed by atoms with Crippen LogP contribution in [0, 0.1) is 5.82 Å². The van der Waals surface area contributed by atoms with Gasteiger partial charge in [0.2, 0.25) is 5.28 Å². The molecular formula is C10H6ClFN2S. The summed E-state index contributed by atoms with van der Waals surface area (Å²) >= 11 is 6.80. The Hall–Kier alpha value is -1.13. The van der Waals surface area contributed by atoms with Gasteiger partial charge in [0, 0.05) is 4.90 Å². The molecule has 76 valence electrons. The number of hydrogen-bond donors (Lipinski definition) is 0. The second kappa shape index (κ2) is 4.59. The number of hydrogen-bond acceptors (Lipinski definition) is 3. The zero-order valence-electron chi connectivity index (χ0n) is 7.52. The van der Waals surface area contributed by atoms with Gasteiger partial charge in [0.15, 0.2) is 5.82 Å². The van der Waals surface area contributed by atoms with Gasteiger partial charge in [0.1, 0.15) is 5.03 Å². The average molecular weight is 241 g/mol. The van der Waals surface area contributed by atoms with Crippen LogP contribution in [0.3, 0.4) is 0 Å². The van der Waals surface area contributed by atoms with Gasteiger partial charge in [-0.15, -0.1) is 0 Å². The van der Waals surface area contributed by atoms with E-state index in [1.165, 1.54) is 11.8 Å². The third-order valence-electron chi connectivity index (χ3n) is 1.64. The van der Waals surface area contributed by atoms with Crippen LogP contribution in [0.1, 0.15) is 0 Å². The molecule has 0 saturated carbocycles. The molecule has 1 heterocycles. The van der Waals surface area contributed by atoms with E-state index in [-0.39, 0.29) is 10.3 Å². The van der Waals surface area contributed by atoms with Gasteiger partial charge in [-0.1, -0.05) is 30.0 Å². The third-order valence-corrected chi connectivity index (χ3v) is 2.81. The Bertz CT molecular complexity index is 464. The van der Waals surface area contributed by atoms with Gasteiger partial charge >= 0.3 is 0 Å². The molecule has 1 aromatic carbocycles. The lowest BCUT2D eigenvalue weighted by Crippen LogP contribution is -1.90. The zero-order valence-corrected chi connectivity index (χ0v) is 9.10. The standard InChI is InChI=1S/C10H6ClFN2S/c11-10-13-6-8(12)9(14-10)15-7-4-2-1-3-5-7/h1-6H. The number of nitrogens with zero attached hydrogens (tertiary/aromatic N) is 2. The van der Waals surface area contributed by atoms with E-state index in [1.54, 1.807) is 0 Å². The fourth-order valence-corrected chi connectivity index (χ4v) is 1.99. The minimum atomic E-state index is -0.465. The summed E-state index contributed by atoms with van der Waals surface area (Å²) in [6.45, 7) is 0. The predicted molar refractivity (Wildman–Crippen MR) is 57.6 cm³/mol. The van der Waals surface area contributed by atoms with Gasteiger partial charge < -0.3 is 0 Å². The summed E-state index contributed by atoms with van der Waals surface area (Å²) in [4.78, 5) is 8.27. The highest BCUT2D eigenvalue weighted by Crippen LogP contribution is 2.27. The van der Waals surface area contributed by atoms with Crippen LogP contribution in [0.2, 0.25) is 5.28 Å². The Kier molecular flexibility index (Phi) is 3.18. The molecule has 0 atom stereocenters. The van der Waals surface area contributed by atoms with Crippen LogP contribution in [0.25, 0.3) is 0 Å². The maximum absolute atomic E-state index is 13.3. The molecule has 0 radical (unpaired) electrons. The Labute approximate surface area is 95.5 Å². The monoisotopic (exact) mass is 240 g/mol. The van der Waals surface area contributed by atoms with E-state index >= 15 is 0 Å². The molecule has 2 rings (SSSR count). The number of rotatable bonds is 2. The van der Waals surface area contributed by atoms with Crippen molar-refractivity contribution in [2.24, 2.45) is 0 Å². The summed E-state index contributed by atoms with van der Waals surface area (Å²) in [6, 6.07) is 9.40. The largest absolute Gasteiger partial charge is 0.223 e. The molecule has 0 N–H and O–H groups in total. The first-order valence-electron chi connectivity index (χ1n) is 4.16. The van der Waals surface area contributed by atoms with Crippen molar-refractivity contribution in [3.63, 3.8) is 0 Å². The molecule has 2 aromatic rings. The number of aromatic nitrogens is 2. The minimum absolute atomic E-state index is 0.0508. The molecule has 0 saturated heterocycles. The van der Waals surface area contributed by atoms with Gasteiger partial charge in [-0.3, -0.25) is 0 Å². The first kappa shape index (κ1) is 10.4. The molecular weight excluding hydrogens is 235 g/mol. The van der Waals surface area contributed by atoms with E-state index < -0.39 is 5.82 Å². The maximum Gasteiger partial charge on any atom is 0.223 e. The van der Waals surface area contributed by atoms with E-state index in [4.69, 9.17) is 11.6 Å². The first-order valence-corrected chi connectivity index (χ1v) is 5.36. The van der Waals surface area contributed by atoms with Crippen LogP contribution in [-0.2, 0) is 0 Å². The zero-order chi connectivity index (χ0) is 10.7. The van der Waals surface area contributed by atoms with E-state index in [0.717, 1.165) is 11.1 Å². The van der Waals surface area contributed by atoms with Crippen molar-refractivity contribution in [2.45, 2.75) is 9.92 Å². The van der Waals surface area contributed by atoms with Crippen molar-refractivity contribution in [2.75, 3.05) is 0 Å². The maximum atomic E-state index is 13.3. The predicted octanol–water partition coefficient (Wildman–Crippen LogP) is 3.42. The lowest BCUT2D eigenvalue weighted by atomic mass is 10.4. The van der Waals surface area contributed by atoms with Crippen LogP contribution in [0.5, 0.6) is 0 Å². The highest BCUT2D eigenvalue weighted by atomic mass is 35.5. The van der Waals surface area contributed by atoms with E-state index in [1.807, 2.05) is 30.3 Å².